The lowest BCUT2D eigenvalue weighted by atomic mass is 10.1. The van der Waals surface area contributed by atoms with Crippen molar-refractivity contribution in [2.75, 3.05) is 29.9 Å². The van der Waals surface area contributed by atoms with Crippen LogP contribution < -0.4 is 15.8 Å². The van der Waals surface area contributed by atoms with Gasteiger partial charge in [-0.15, -0.1) is 0 Å². The fraction of sp³-hybridized carbons (Fsp3) is 0.273. The highest BCUT2D eigenvalue weighted by molar-refractivity contribution is 5.95. The highest BCUT2D eigenvalue weighted by Crippen LogP contribution is 2.34. The topological polar surface area (TPSA) is 89.3 Å². The molecule has 170 valence electrons. The molecule has 3 aromatic rings. The smallest absolute Gasteiger partial charge is 0.365 e. The Kier molecular flexibility index (Phi) is 6.02. The second-order valence-electron chi connectivity index (χ2n) is 7.27. The number of hydrogen-bond donors (Lipinski definition) is 1. The molecule has 0 spiro atoms. The number of rotatable bonds is 4. The van der Waals surface area contributed by atoms with E-state index in [1.807, 2.05) is 0 Å². The van der Waals surface area contributed by atoms with Gasteiger partial charge >= 0.3 is 6.18 Å². The van der Waals surface area contributed by atoms with Crippen LogP contribution in [0.3, 0.4) is 0 Å². The van der Waals surface area contributed by atoms with Crippen LogP contribution in [0, 0.1) is 12.1 Å². The lowest BCUT2D eigenvalue weighted by molar-refractivity contribution is -0.137. The number of carbonyl (C=O) groups is 1. The average Bonchev–Trinajstić information content (AvgIpc) is 2.81. The number of ether oxygens (including phenoxy) is 1. The number of halogens is 3. The summed E-state index contributed by atoms with van der Waals surface area (Å²) in [5.41, 5.74) is -0.629. The second-order valence-corrected chi connectivity index (χ2v) is 7.27. The number of aromatic nitrogens is 3. The zero-order valence-electron chi connectivity index (χ0n) is 17.4. The van der Waals surface area contributed by atoms with Crippen LogP contribution in [0.25, 0.3) is 11.3 Å². The van der Waals surface area contributed by atoms with Gasteiger partial charge < -0.3 is 15.0 Å². The van der Waals surface area contributed by atoms with Crippen LogP contribution in [0.15, 0.2) is 47.5 Å². The molecule has 1 unspecified atom stereocenters. The Balaban J connectivity index is 1.57. The fourth-order valence-corrected chi connectivity index (χ4v) is 3.40. The first kappa shape index (κ1) is 22.3. The van der Waals surface area contributed by atoms with Crippen LogP contribution in [0.5, 0.6) is 0 Å². The van der Waals surface area contributed by atoms with Gasteiger partial charge in [0.25, 0.3) is 11.5 Å². The van der Waals surface area contributed by atoms with Crippen LogP contribution in [0.2, 0.25) is 0 Å². The maximum atomic E-state index is 13.2. The van der Waals surface area contributed by atoms with Crippen molar-refractivity contribution in [3.8, 4) is 11.3 Å². The molecular formula is C22H18F3N5O3. The predicted molar refractivity (Wildman–Crippen MR) is 112 cm³/mol. The Morgan fingerprint density at radius 2 is 1.97 bits per heavy atom. The molecule has 0 bridgehead atoms. The second kappa shape index (κ2) is 8.91. The van der Waals surface area contributed by atoms with Crippen LogP contribution in [-0.4, -0.2) is 46.2 Å². The number of hydrogen-bond acceptors (Lipinski definition) is 6. The molecule has 8 nitrogen and oxygen atoms in total. The Morgan fingerprint density at radius 3 is 2.70 bits per heavy atom. The molecule has 1 fully saturated rings. The lowest BCUT2D eigenvalue weighted by Crippen LogP contribution is -2.49. The van der Waals surface area contributed by atoms with Gasteiger partial charge in [0.05, 0.1) is 30.1 Å². The van der Waals surface area contributed by atoms with E-state index < -0.39 is 29.4 Å². The third kappa shape index (κ3) is 4.80. The summed E-state index contributed by atoms with van der Waals surface area (Å²) >= 11 is 0. The summed E-state index contributed by atoms with van der Waals surface area (Å²) in [5.74, 6) is -0.436. The van der Waals surface area contributed by atoms with E-state index in [1.54, 1.807) is 36.5 Å². The normalized spacial score (nSPS) is 16.2. The molecule has 4 rings (SSSR count). The number of morpholine rings is 1. The Labute approximate surface area is 186 Å². The van der Waals surface area contributed by atoms with E-state index >= 15 is 0 Å². The van der Waals surface area contributed by atoms with Crippen molar-refractivity contribution in [2.45, 2.75) is 12.3 Å². The van der Waals surface area contributed by atoms with Gasteiger partial charge in [-0.25, -0.2) is 4.98 Å². The van der Waals surface area contributed by atoms with E-state index in [9.17, 15) is 22.8 Å². The molecule has 1 aromatic carbocycles. The van der Waals surface area contributed by atoms with E-state index in [0.717, 1.165) is 6.07 Å². The predicted octanol–water partition coefficient (Wildman–Crippen LogP) is 2.31. The van der Waals surface area contributed by atoms with Crippen molar-refractivity contribution in [3.05, 3.63) is 70.8 Å². The Morgan fingerprint density at radius 1 is 1.24 bits per heavy atom. The van der Waals surface area contributed by atoms with Gasteiger partial charge in [-0.2, -0.15) is 13.2 Å². The summed E-state index contributed by atoms with van der Waals surface area (Å²) in [6.45, 7) is 0.454. The van der Waals surface area contributed by atoms with Gasteiger partial charge in [0.1, 0.15) is 0 Å². The molecule has 1 amide bonds. The minimum Gasteiger partial charge on any atom is -0.365 e. The number of nitrogens with one attached hydrogen (secondary N) is 1. The summed E-state index contributed by atoms with van der Waals surface area (Å²) in [7, 11) is 1.55. The van der Waals surface area contributed by atoms with Crippen LogP contribution in [-0.2, 0) is 22.8 Å². The maximum absolute atomic E-state index is 13.2. The minimum absolute atomic E-state index is 0.00403. The summed E-state index contributed by atoms with van der Waals surface area (Å²) in [6, 6.07) is 11.2. The molecule has 0 saturated carbocycles. The van der Waals surface area contributed by atoms with Crippen molar-refractivity contribution in [1.29, 1.82) is 0 Å². The highest BCUT2D eigenvalue weighted by Gasteiger charge is 2.35. The molecular weight excluding hydrogens is 439 g/mol. The van der Waals surface area contributed by atoms with Crippen LogP contribution >= 0.6 is 0 Å². The molecule has 1 atom stereocenters. The molecule has 11 heteroatoms. The zero-order chi connectivity index (χ0) is 23.6. The molecule has 33 heavy (non-hydrogen) atoms. The van der Waals surface area contributed by atoms with Gasteiger partial charge in [0.15, 0.2) is 6.10 Å². The van der Waals surface area contributed by atoms with Gasteiger partial charge in [-0.1, -0.05) is 12.1 Å². The summed E-state index contributed by atoms with van der Waals surface area (Å²) < 4.78 is 46.5. The number of nitrogens with zero attached hydrogens (tertiary/aromatic N) is 4. The average molecular weight is 457 g/mol. The monoisotopic (exact) mass is 457 g/mol. The number of alkyl halides is 3. The van der Waals surface area contributed by atoms with Crippen molar-refractivity contribution in [2.24, 2.45) is 7.05 Å². The van der Waals surface area contributed by atoms with Gasteiger partial charge in [0.2, 0.25) is 5.95 Å². The zero-order valence-corrected chi connectivity index (χ0v) is 17.4. The number of anilines is 2. The standard InChI is InChI=1S/C22H18F3N5O3/c1-29-19(31)12-17(14-6-8-26-9-7-14)28-21(29)30-10-11-33-18(13-30)20(32)27-16-5-3-2-4-15(16)22(23,24)25/h4-9,12,18H,10-11,13H2,1H3,(H,27,32). The summed E-state index contributed by atoms with van der Waals surface area (Å²) in [4.78, 5) is 35.4. The lowest BCUT2D eigenvalue weighted by Gasteiger charge is -2.33. The van der Waals surface area contributed by atoms with Crippen LogP contribution in [0.4, 0.5) is 24.8 Å². The first-order chi connectivity index (χ1) is 15.7. The molecule has 1 aliphatic heterocycles. The largest absolute Gasteiger partial charge is 0.419 e. The van der Waals surface area contributed by atoms with Crippen molar-refractivity contribution in [1.82, 2.24) is 14.5 Å². The van der Waals surface area contributed by atoms with Crippen molar-refractivity contribution < 1.29 is 22.7 Å². The van der Waals surface area contributed by atoms with E-state index in [1.165, 1.54) is 10.6 Å². The first-order valence-corrected chi connectivity index (χ1v) is 9.89. The summed E-state index contributed by atoms with van der Waals surface area (Å²) in [6.07, 6.45) is -2.58. The number of carbonyl (C=O) groups excluding carboxylic acids is 1. The maximum Gasteiger partial charge on any atom is 0.419 e. The van der Waals surface area contributed by atoms with E-state index in [0.29, 0.717) is 29.8 Å². The Hall–Kier alpha value is -3.91. The summed E-state index contributed by atoms with van der Waals surface area (Å²) in [5, 5.41) is 2.26. The first-order valence-electron chi connectivity index (χ1n) is 9.89. The molecule has 2 aromatic heterocycles. The third-order valence-corrected chi connectivity index (χ3v) is 5.10. The SMILES string of the molecule is Cn1c(N2CCOC(C(=O)Nc3cc#ccc3C(F)(F)F)C2)nc(-c2ccncc2)cc1=O. The third-order valence-electron chi connectivity index (χ3n) is 5.10. The van der Waals surface area contributed by atoms with Gasteiger partial charge in [0, 0.05) is 49.7 Å². The minimum atomic E-state index is -4.66. The van der Waals surface area contributed by atoms with Crippen molar-refractivity contribution in [3.63, 3.8) is 0 Å². The molecule has 1 aliphatic rings. The van der Waals surface area contributed by atoms with E-state index in [-0.39, 0.29) is 18.7 Å². The molecule has 3 heterocycles. The number of pyridine rings is 1. The van der Waals surface area contributed by atoms with Crippen molar-refractivity contribution >= 4 is 17.5 Å². The Bertz CT molecular complexity index is 1210. The molecule has 1 N–H and O–H groups in total. The van der Waals surface area contributed by atoms with Crippen LogP contribution in [0.1, 0.15) is 5.56 Å². The van der Waals surface area contributed by atoms with Gasteiger partial charge in [-0.3, -0.25) is 19.1 Å². The fourth-order valence-electron chi connectivity index (χ4n) is 3.40. The molecule has 0 radical (unpaired) electrons. The highest BCUT2D eigenvalue weighted by atomic mass is 19.4. The molecule has 0 aliphatic carbocycles. The quantitative estimate of drug-likeness (QED) is 0.647. The van der Waals surface area contributed by atoms with E-state index in [2.05, 4.69) is 27.4 Å². The van der Waals surface area contributed by atoms with Gasteiger partial charge in [-0.05, 0) is 12.1 Å². The number of amides is 1. The van der Waals surface area contributed by atoms with E-state index in [4.69, 9.17) is 4.74 Å². The molecule has 1 saturated heterocycles.